The third kappa shape index (κ3) is 2.07. The highest BCUT2D eigenvalue weighted by molar-refractivity contribution is 9.09. The molecule has 3 fully saturated rings. The van der Waals surface area contributed by atoms with Gasteiger partial charge in [-0.2, -0.15) is 0 Å². The quantitative estimate of drug-likeness (QED) is 0.364. The van der Waals surface area contributed by atoms with E-state index in [2.05, 4.69) is 21.2 Å². The predicted molar refractivity (Wildman–Crippen MR) is 82.9 cm³/mol. The zero-order chi connectivity index (χ0) is 17.2. The molecule has 3 aliphatic rings. The molecule has 0 unspecified atom stereocenters. The van der Waals surface area contributed by atoms with Crippen LogP contribution in [-0.4, -0.2) is 27.7 Å². The first-order valence-corrected chi connectivity index (χ1v) is 8.39. The molecule has 1 amide bonds. The van der Waals surface area contributed by atoms with Crippen LogP contribution in [0, 0.1) is 39.6 Å². The summed E-state index contributed by atoms with van der Waals surface area (Å²) in [4.78, 5) is 34.7. The van der Waals surface area contributed by atoms with Crippen LogP contribution in [-0.2, 0) is 14.3 Å². The van der Waals surface area contributed by atoms with E-state index in [-0.39, 0.29) is 34.1 Å². The number of hydrogen-bond donors (Lipinski definition) is 1. The van der Waals surface area contributed by atoms with Gasteiger partial charge in [-0.25, -0.2) is 4.39 Å². The van der Waals surface area contributed by atoms with Crippen LogP contribution >= 0.6 is 15.9 Å². The van der Waals surface area contributed by atoms with Gasteiger partial charge < -0.3 is 10.1 Å². The van der Waals surface area contributed by atoms with Gasteiger partial charge in [-0.15, -0.1) is 0 Å². The number of ether oxygens (including phenoxy) is 1. The number of amides is 1. The molecule has 2 aliphatic carbocycles. The number of anilines is 1. The number of halogens is 2. The fraction of sp³-hybridized carbons (Fsp3) is 0.467. The average Bonchev–Trinajstić information content (AvgIpc) is 3.13. The van der Waals surface area contributed by atoms with Gasteiger partial charge >= 0.3 is 5.97 Å². The molecule has 9 heteroatoms. The third-order valence-corrected chi connectivity index (χ3v) is 6.44. The maximum absolute atomic E-state index is 13.9. The number of nitro benzene ring substituents is 1. The fourth-order valence-corrected chi connectivity index (χ4v) is 5.31. The number of nitrogens with one attached hydrogen (secondary N) is 1. The molecule has 1 aromatic carbocycles. The van der Waals surface area contributed by atoms with E-state index >= 15 is 0 Å². The first-order chi connectivity index (χ1) is 11.4. The molecule has 0 spiro atoms. The number of fused-ring (bicyclic) bond motifs is 1. The summed E-state index contributed by atoms with van der Waals surface area (Å²) < 4.78 is 19.2. The van der Waals surface area contributed by atoms with Crippen molar-refractivity contribution in [2.75, 3.05) is 5.32 Å². The zero-order valence-corrected chi connectivity index (χ0v) is 13.7. The lowest BCUT2D eigenvalue weighted by atomic mass is 9.79. The Morgan fingerprint density at radius 1 is 1.42 bits per heavy atom. The molecule has 24 heavy (non-hydrogen) atoms. The minimum absolute atomic E-state index is 0.00224. The highest BCUT2D eigenvalue weighted by Crippen LogP contribution is 2.60. The van der Waals surface area contributed by atoms with Crippen molar-refractivity contribution in [2.24, 2.45) is 23.7 Å². The topological polar surface area (TPSA) is 98.5 Å². The molecule has 1 heterocycles. The van der Waals surface area contributed by atoms with Gasteiger partial charge in [0.05, 0.1) is 27.3 Å². The van der Waals surface area contributed by atoms with E-state index < -0.39 is 34.5 Å². The van der Waals surface area contributed by atoms with Gasteiger partial charge in [-0.05, 0) is 18.4 Å². The molecule has 2 bridgehead atoms. The van der Waals surface area contributed by atoms with Crippen LogP contribution in [0.25, 0.3) is 0 Å². The monoisotopic (exact) mass is 398 g/mol. The summed E-state index contributed by atoms with van der Waals surface area (Å²) in [5, 5.41) is 13.2. The molecular weight excluding hydrogens is 387 g/mol. The van der Waals surface area contributed by atoms with Gasteiger partial charge in [0, 0.05) is 18.1 Å². The van der Waals surface area contributed by atoms with Crippen molar-refractivity contribution in [3.63, 3.8) is 0 Å². The number of hydrogen-bond acceptors (Lipinski definition) is 5. The summed E-state index contributed by atoms with van der Waals surface area (Å²) >= 11 is 3.49. The van der Waals surface area contributed by atoms with Crippen LogP contribution in [0.2, 0.25) is 0 Å². The molecule has 7 nitrogen and oxygen atoms in total. The Morgan fingerprint density at radius 3 is 2.88 bits per heavy atom. The van der Waals surface area contributed by atoms with Gasteiger partial charge in [-0.3, -0.25) is 19.7 Å². The number of benzene rings is 1. The van der Waals surface area contributed by atoms with Crippen molar-refractivity contribution in [1.29, 1.82) is 0 Å². The maximum Gasteiger partial charge on any atom is 0.310 e. The van der Waals surface area contributed by atoms with E-state index in [1.54, 1.807) is 0 Å². The predicted octanol–water partition coefficient (Wildman–Crippen LogP) is 2.24. The van der Waals surface area contributed by atoms with Gasteiger partial charge in [0.15, 0.2) is 0 Å². The Labute approximate surface area is 143 Å². The number of nitro groups is 1. The van der Waals surface area contributed by atoms with Crippen molar-refractivity contribution in [3.8, 4) is 0 Å². The van der Waals surface area contributed by atoms with Crippen LogP contribution in [0.15, 0.2) is 18.2 Å². The number of esters is 1. The molecule has 1 N–H and O–H groups in total. The maximum atomic E-state index is 13.9. The molecule has 1 aliphatic heterocycles. The highest BCUT2D eigenvalue weighted by Gasteiger charge is 2.67. The molecule has 0 radical (unpaired) electrons. The van der Waals surface area contributed by atoms with E-state index in [0.717, 1.165) is 18.2 Å². The van der Waals surface area contributed by atoms with Crippen LogP contribution in [0.5, 0.6) is 0 Å². The molecule has 4 rings (SSSR count). The summed E-state index contributed by atoms with van der Waals surface area (Å²) in [5.74, 6) is -2.88. The molecule has 0 aromatic heterocycles. The number of alkyl halides is 1. The van der Waals surface area contributed by atoms with Crippen molar-refractivity contribution in [3.05, 3.63) is 34.1 Å². The van der Waals surface area contributed by atoms with Gasteiger partial charge in [0.1, 0.15) is 11.9 Å². The van der Waals surface area contributed by atoms with Crippen molar-refractivity contribution >= 4 is 39.2 Å². The first-order valence-electron chi connectivity index (χ1n) is 7.48. The van der Waals surface area contributed by atoms with E-state index in [4.69, 9.17) is 4.74 Å². The minimum Gasteiger partial charge on any atom is -0.461 e. The molecule has 2 saturated carbocycles. The Hall–Kier alpha value is -2.03. The van der Waals surface area contributed by atoms with E-state index in [1.165, 1.54) is 0 Å². The summed E-state index contributed by atoms with van der Waals surface area (Å²) in [7, 11) is 0. The Morgan fingerprint density at radius 2 is 2.17 bits per heavy atom. The number of non-ortho nitro benzene ring substituents is 1. The molecule has 6 atom stereocenters. The number of rotatable bonds is 3. The Balaban J connectivity index is 1.60. The second kappa shape index (κ2) is 5.23. The van der Waals surface area contributed by atoms with Crippen molar-refractivity contribution < 1.29 is 23.6 Å². The van der Waals surface area contributed by atoms with E-state index in [9.17, 15) is 24.1 Å². The zero-order valence-electron chi connectivity index (χ0n) is 12.1. The minimum atomic E-state index is -0.764. The number of carbonyl (C=O) groups is 2. The SMILES string of the molecule is O=C(Nc1cc([N+](=O)[O-])ccc1F)[C@@H]1[C@H]2C[C@H]3[C@H](OC(=O)[C@@H]31)[C@H]2Br. The summed E-state index contributed by atoms with van der Waals surface area (Å²) in [6.45, 7) is 0. The Kier molecular flexibility index (Phi) is 3.38. The van der Waals surface area contributed by atoms with E-state index in [0.29, 0.717) is 6.42 Å². The third-order valence-electron chi connectivity index (χ3n) is 5.24. The molecule has 1 saturated heterocycles. The summed E-state index contributed by atoms with van der Waals surface area (Å²) in [6.07, 6.45) is 0.498. The standard InChI is InChI=1S/C15H12BrFN2O5/c16-12-6-4-7-11(15(21)24-13(7)12)10(6)14(20)18-9-3-5(19(22)23)1-2-8(9)17/h1-3,6-7,10-13H,4H2,(H,18,20)/t6-,7-,10-,11+,12+,13+/m1/s1. The van der Waals surface area contributed by atoms with Gasteiger partial charge in [-0.1, -0.05) is 15.9 Å². The van der Waals surface area contributed by atoms with Gasteiger partial charge in [0.2, 0.25) is 5.91 Å². The second-order valence-corrected chi connectivity index (χ2v) is 7.43. The lowest BCUT2D eigenvalue weighted by Crippen LogP contribution is -2.40. The largest absolute Gasteiger partial charge is 0.461 e. The molecule has 126 valence electrons. The normalized spacial score (nSPS) is 35.8. The number of carbonyl (C=O) groups excluding carboxylic acids is 2. The van der Waals surface area contributed by atoms with Crippen molar-refractivity contribution in [2.45, 2.75) is 17.4 Å². The lowest BCUT2D eigenvalue weighted by Gasteiger charge is -2.27. The summed E-state index contributed by atoms with van der Waals surface area (Å²) in [5.41, 5.74) is -0.579. The number of nitrogens with zero attached hydrogens (tertiary/aromatic N) is 1. The average molecular weight is 399 g/mol. The van der Waals surface area contributed by atoms with E-state index in [1.807, 2.05) is 0 Å². The van der Waals surface area contributed by atoms with Crippen molar-refractivity contribution in [1.82, 2.24) is 0 Å². The van der Waals surface area contributed by atoms with Crippen LogP contribution in [0.3, 0.4) is 0 Å². The van der Waals surface area contributed by atoms with Gasteiger partial charge in [0.25, 0.3) is 5.69 Å². The van der Waals surface area contributed by atoms with Crippen LogP contribution in [0.1, 0.15) is 6.42 Å². The smallest absolute Gasteiger partial charge is 0.310 e. The molecule has 1 aromatic rings. The van der Waals surface area contributed by atoms with Crippen LogP contribution < -0.4 is 5.32 Å². The first kappa shape index (κ1) is 15.5. The second-order valence-electron chi connectivity index (χ2n) is 6.37. The molecular formula is C15H12BrFN2O5. The summed E-state index contributed by atoms with van der Waals surface area (Å²) in [6, 6.07) is 2.93. The highest BCUT2D eigenvalue weighted by atomic mass is 79.9. The van der Waals surface area contributed by atoms with Crippen LogP contribution in [0.4, 0.5) is 15.8 Å². The lowest BCUT2D eigenvalue weighted by molar-refractivity contribution is -0.384. The fourth-order valence-electron chi connectivity index (χ4n) is 4.27. The Bertz CT molecular complexity index is 772.